The van der Waals surface area contributed by atoms with Gasteiger partial charge in [0.25, 0.3) is 5.91 Å². The number of aryl methyl sites for hydroxylation is 1. The predicted molar refractivity (Wildman–Crippen MR) is 61.4 cm³/mol. The van der Waals surface area contributed by atoms with Gasteiger partial charge in [0.1, 0.15) is 0 Å². The van der Waals surface area contributed by atoms with Crippen molar-refractivity contribution in [3.63, 3.8) is 0 Å². The van der Waals surface area contributed by atoms with Gasteiger partial charge in [0.05, 0.1) is 6.54 Å². The first kappa shape index (κ1) is 11.5. The molecule has 0 bridgehead atoms. The van der Waals surface area contributed by atoms with E-state index in [1.165, 1.54) is 0 Å². The van der Waals surface area contributed by atoms with Gasteiger partial charge >= 0.3 is 0 Å². The van der Waals surface area contributed by atoms with Crippen molar-refractivity contribution < 1.29 is 4.79 Å². The lowest BCUT2D eigenvalue weighted by Gasteiger charge is -2.23. The fourth-order valence-electron chi connectivity index (χ4n) is 1.50. The molecule has 4 nitrogen and oxygen atoms in total. The van der Waals surface area contributed by atoms with Gasteiger partial charge in [-0.3, -0.25) is 10.2 Å². The van der Waals surface area contributed by atoms with Gasteiger partial charge in [0.15, 0.2) is 0 Å². The molecule has 0 aliphatic heterocycles. The lowest BCUT2D eigenvalue weighted by molar-refractivity contribution is -0.119. The number of nitrogens with zero attached hydrogens (tertiary/aromatic N) is 1. The van der Waals surface area contributed by atoms with Crippen molar-refractivity contribution in [2.45, 2.75) is 13.8 Å². The molecule has 0 aliphatic rings. The van der Waals surface area contributed by atoms with E-state index in [9.17, 15) is 4.79 Å². The quantitative estimate of drug-likeness (QED) is 0.436. The molecule has 0 saturated heterocycles. The second-order valence-corrected chi connectivity index (χ2v) is 3.37. The summed E-state index contributed by atoms with van der Waals surface area (Å²) in [6, 6.07) is 7.97. The van der Waals surface area contributed by atoms with Gasteiger partial charge in [-0.2, -0.15) is 0 Å². The lowest BCUT2D eigenvalue weighted by atomic mass is 10.2. The smallest absolute Gasteiger partial charge is 0.253 e. The van der Waals surface area contributed by atoms with Crippen molar-refractivity contribution in [3.05, 3.63) is 29.8 Å². The Hall–Kier alpha value is -1.55. The van der Waals surface area contributed by atoms with Crippen LogP contribution in [0.3, 0.4) is 0 Å². The summed E-state index contributed by atoms with van der Waals surface area (Å²) in [5.74, 6) is 4.88. The first-order chi connectivity index (χ1) is 7.19. The molecule has 1 amide bonds. The van der Waals surface area contributed by atoms with Gasteiger partial charge in [-0.25, -0.2) is 5.84 Å². The standard InChI is InChI=1S/C11H17N3O/c1-3-14(8-11(15)13-12)10-7-5-4-6-9(10)2/h4-7H,3,8,12H2,1-2H3,(H,13,15). The first-order valence-corrected chi connectivity index (χ1v) is 4.99. The van der Waals surface area contributed by atoms with E-state index in [2.05, 4.69) is 5.43 Å². The maximum atomic E-state index is 11.2. The molecule has 0 saturated carbocycles. The summed E-state index contributed by atoms with van der Waals surface area (Å²) in [7, 11) is 0. The van der Waals surface area contributed by atoms with Crippen molar-refractivity contribution in [1.82, 2.24) is 5.43 Å². The molecular formula is C11H17N3O. The molecule has 82 valence electrons. The number of nitrogens with two attached hydrogens (primary N) is 1. The Morgan fingerprint density at radius 3 is 2.67 bits per heavy atom. The Labute approximate surface area is 90.0 Å². The molecule has 0 fully saturated rings. The van der Waals surface area contributed by atoms with Crippen molar-refractivity contribution in [2.24, 2.45) is 5.84 Å². The fraction of sp³-hybridized carbons (Fsp3) is 0.364. The number of rotatable bonds is 4. The zero-order valence-electron chi connectivity index (χ0n) is 9.16. The normalized spacial score (nSPS) is 9.80. The molecular weight excluding hydrogens is 190 g/mol. The third-order valence-corrected chi connectivity index (χ3v) is 2.33. The van der Waals surface area contributed by atoms with E-state index in [1.807, 2.05) is 43.0 Å². The number of hydrogen-bond acceptors (Lipinski definition) is 3. The summed E-state index contributed by atoms with van der Waals surface area (Å²) >= 11 is 0. The Morgan fingerprint density at radius 2 is 2.13 bits per heavy atom. The zero-order chi connectivity index (χ0) is 11.3. The van der Waals surface area contributed by atoms with Crippen LogP contribution >= 0.6 is 0 Å². The minimum Gasteiger partial charge on any atom is -0.362 e. The lowest BCUT2D eigenvalue weighted by Crippen LogP contribution is -2.40. The van der Waals surface area contributed by atoms with Gasteiger partial charge in [0.2, 0.25) is 0 Å². The van der Waals surface area contributed by atoms with Gasteiger partial charge in [-0.1, -0.05) is 18.2 Å². The van der Waals surface area contributed by atoms with Crippen molar-refractivity contribution in [3.8, 4) is 0 Å². The molecule has 1 aromatic rings. The zero-order valence-corrected chi connectivity index (χ0v) is 9.16. The predicted octanol–water partition coefficient (Wildman–Crippen LogP) is 0.811. The molecule has 0 heterocycles. The van der Waals surface area contributed by atoms with E-state index in [1.54, 1.807) is 0 Å². The van der Waals surface area contributed by atoms with E-state index in [-0.39, 0.29) is 12.5 Å². The van der Waals surface area contributed by atoms with Gasteiger partial charge in [-0.15, -0.1) is 0 Å². The van der Waals surface area contributed by atoms with Crippen LogP contribution in [0.2, 0.25) is 0 Å². The Balaban J connectivity index is 2.83. The van der Waals surface area contributed by atoms with Crippen LogP contribution in [0.15, 0.2) is 24.3 Å². The SMILES string of the molecule is CCN(CC(=O)NN)c1ccccc1C. The summed E-state index contributed by atoms with van der Waals surface area (Å²) in [6.07, 6.45) is 0. The fourth-order valence-corrected chi connectivity index (χ4v) is 1.50. The number of hydrogen-bond donors (Lipinski definition) is 2. The average molecular weight is 207 g/mol. The highest BCUT2D eigenvalue weighted by Crippen LogP contribution is 2.18. The van der Waals surface area contributed by atoms with Gasteiger partial charge in [-0.05, 0) is 25.5 Å². The monoisotopic (exact) mass is 207 g/mol. The number of nitrogens with one attached hydrogen (secondary N) is 1. The van der Waals surface area contributed by atoms with Crippen LogP contribution in [0.25, 0.3) is 0 Å². The van der Waals surface area contributed by atoms with Crippen molar-refractivity contribution in [1.29, 1.82) is 0 Å². The molecule has 0 unspecified atom stereocenters. The topological polar surface area (TPSA) is 58.4 Å². The number of carbonyl (C=O) groups excluding carboxylic acids is 1. The molecule has 4 heteroatoms. The van der Waals surface area contributed by atoms with Crippen LogP contribution in [0.1, 0.15) is 12.5 Å². The third-order valence-electron chi connectivity index (χ3n) is 2.33. The summed E-state index contributed by atoms with van der Waals surface area (Å²) < 4.78 is 0. The highest BCUT2D eigenvalue weighted by molar-refractivity contribution is 5.81. The largest absolute Gasteiger partial charge is 0.362 e. The minimum absolute atomic E-state index is 0.180. The van der Waals surface area contributed by atoms with E-state index in [0.29, 0.717) is 0 Å². The maximum Gasteiger partial charge on any atom is 0.253 e. The van der Waals surface area contributed by atoms with Crippen LogP contribution in [-0.4, -0.2) is 19.0 Å². The maximum absolute atomic E-state index is 11.2. The van der Waals surface area contributed by atoms with Crippen molar-refractivity contribution >= 4 is 11.6 Å². The minimum atomic E-state index is -0.180. The number of para-hydroxylation sites is 1. The van der Waals surface area contributed by atoms with E-state index >= 15 is 0 Å². The average Bonchev–Trinajstić information content (AvgIpc) is 2.26. The molecule has 0 aliphatic carbocycles. The molecule has 0 atom stereocenters. The summed E-state index contributed by atoms with van der Waals surface area (Å²) in [6.45, 7) is 5.10. The first-order valence-electron chi connectivity index (χ1n) is 4.99. The van der Waals surface area contributed by atoms with Crippen LogP contribution in [-0.2, 0) is 4.79 Å². The molecule has 0 spiro atoms. The molecule has 1 aromatic carbocycles. The van der Waals surface area contributed by atoms with Crippen LogP contribution in [0, 0.1) is 6.92 Å². The van der Waals surface area contributed by atoms with Gasteiger partial charge in [0, 0.05) is 12.2 Å². The Bertz CT molecular complexity index is 338. The molecule has 0 aromatic heterocycles. The van der Waals surface area contributed by atoms with Gasteiger partial charge < -0.3 is 4.90 Å². The highest BCUT2D eigenvalue weighted by Gasteiger charge is 2.10. The number of amides is 1. The number of likely N-dealkylation sites (N-methyl/N-ethyl adjacent to an activating group) is 1. The second-order valence-electron chi connectivity index (χ2n) is 3.37. The number of anilines is 1. The van der Waals surface area contributed by atoms with Crippen LogP contribution < -0.4 is 16.2 Å². The summed E-state index contributed by atoms with van der Waals surface area (Å²) in [4.78, 5) is 13.2. The number of hydrazine groups is 1. The molecule has 0 radical (unpaired) electrons. The Morgan fingerprint density at radius 1 is 1.47 bits per heavy atom. The highest BCUT2D eigenvalue weighted by atomic mass is 16.2. The third kappa shape index (κ3) is 2.95. The number of carbonyl (C=O) groups is 1. The van der Waals surface area contributed by atoms with Crippen LogP contribution in [0.5, 0.6) is 0 Å². The summed E-state index contributed by atoms with van der Waals surface area (Å²) in [5, 5.41) is 0. The van der Waals surface area contributed by atoms with Crippen molar-refractivity contribution in [2.75, 3.05) is 18.0 Å². The Kier molecular flexibility index (Phi) is 4.12. The summed E-state index contributed by atoms with van der Waals surface area (Å²) in [5.41, 5.74) is 4.37. The van der Waals surface area contributed by atoms with Crippen LogP contribution in [0.4, 0.5) is 5.69 Å². The van der Waals surface area contributed by atoms with E-state index in [0.717, 1.165) is 17.8 Å². The van der Waals surface area contributed by atoms with E-state index in [4.69, 9.17) is 5.84 Å². The van der Waals surface area contributed by atoms with E-state index < -0.39 is 0 Å². The molecule has 3 N–H and O–H groups in total. The second kappa shape index (κ2) is 5.36. The molecule has 1 rings (SSSR count). The number of benzene rings is 1. The molecule has 15 heavy (non-hydrogen) atoms.